The fraction of sp³-hybridized carbons (Fsp3) is 0.176. The Labute approximate surface area is 171 Å². The van der Waals surface area contributed by atoms with Crippen molar-refractivity contribution >= 4 is 50.8 Å². The number of methoxy groups -OCH3 is 1. The van der Waals surface area contributed by atoms with Crippen molar-refractivity contribution in [2.45, 2.75) is 10.9 Å². The molecule has 0 heterocycles. The number of rotatable bonds is 7. The highest BCUT2D eigenvalue weighted by molar-refractivity contribution is 7.89. The van der Waals surface area contributed by atoms with Crippen LogP contribution in [0.15, 0.2) is 47.4 Å². The molecule has 28 heavy (non-hydrogen) atoms. The summed E-state index contributed by atoms with van der Waals surface area (Å²) in [5.41, 5.74) is 0.523. The van der Waals surface area contributed by atoms with E-state index < -0.39 is 34.5 Å². The van der Waals surface area contributed by atoms with Crippen molar-refractivity contribution < 1.29 is 27.9 Å². The van der Waals surface area contributed by atoms with Gasteiger partial charge in [-0.3, -0.25) is 9.59 Å². The molecule has 0 saturated heterocycles. The maximum Gasteiger partial charge on any atom is 0.326 e. The van der Waals surface area contributed by atoms with Crippen LogP contribution in [-0.2, 0) is 19.6 Å². The van der Waals surface area contributed by atoms with E-state index in [0.29, 0.717) is 10.7 Å². The molecular weight excluding hydrogens is 431 g/mol. The molecule has 3 N–H and O–H groups in total. The molecule has 0 unspecified atom stereocenters. The van der Waals surface area contributed by atoms with Crippen LogP contribution in [0.2, 0.25) is 10.0 Å². The van der Waals surface area contributed by atoms with Crippen molar-refractivity contribution in [2.75, 3.05) is 19.0 Å². The molecule has 0 radical (unpaired) electrons. The van der Waals surface area contributed by atoms with Gasteiger partial charge in [-0.15, -0.1) is 0 Å². The van der Waals surface area contributed by atoms with Crippen LogP contribution in [0.1, 0.15) is 10.4 Å². The Morgan fingerprint density at radius 3 is 2.32 bits per heavy atom. The van der Waals surface area contributed by atoms with E-state index in [1.807, 2.05) is 4.72 Å². The number of hydrogen-bond donors (Lipinski definition) is 3. The summed E-state index contributed by atoms with van der Waals surface area (Å²) in [7, 11) is -3.02. The molecule has 1 atom stereocenters. The Bertz CT molecular complexity index is 980. The van der Waals surface area contributed by atoms with E-state index in [9.17, 15) is 18.0 Å². The van der Waals surface area contributed by atoms with Gasteiger partial charge in [-0.05, 0) is 42.5 Å². The van der Waals surface area contributed by atoms with Gasteiger partial charge >= 0.3 is 5.97 Å². The van der Waals surface area contributed by atoms with E-state index in [0.717, 1.165) is 7.11 Å². The lowest BCUT2D eigenvalue weighted by molar-refractivity contribution is -0.143. The van der Waals surface area contributed by atoms with Crippen LogP contribution in [0, 0.1) is 0 Å². The van der Waals surface area contributed by atoms with Gasteiger partial charge in [-0.25, -0.2) is 8.42 Å². The number of aliphatic hydroxyl groups is 1. The lowest BCUT2D eigenvalue weighted by Gasteiger charge is -2.14. The van der Waals surface area contributed by atoms with Gasteiger partial charge in [0.15, 0.2) is 0 Å². The first-order valence-corrected chi connectivity index (χ1v) is 9.99. The molecule has 150 valence electrons. The van der Waals surface area contributed by atoms with Gasteiger partial charge in [0.2, 0.25) is 10.0 Å². The Hall–Kier alpha value is -2.17. The number of esters is 1. The number of sulfonamides is 1. The second kappa shape index (κ2) is 9.35. The Balaban J connectivity index is 2.14. The van der Waals surface area contributed by atoms with E-state index >= 15 is 0 Å². The van der Waals surface area contributed by atoms with Crippen LogP contribution in [0.3, 0.4) is 0 Å². The van der Waals surface area contributed by atoms with Crippen LogP contribution < -0.4 is 10.0 Å². The molecule has 0 aliphatic rings. The number of carbonyl (C=O) groups excluding carboxylic acids is 2. The number of benzene rings is 2. The second-order valence-electron chi connectivity index (χ2n) is 5.48. The zero-order valence-electron chi connectivity index (χ0n) is 14.5. The minimum absolute atomic E-state index is 0.169. The third-order valence-electron chi connectivity index (χ3n) is 3.56. The molecule has 0 aliphatic heterocycles. The molecule has 2 aromatic carbocycles. The van der Waals surface area contributed by atoms with Gasteiger partial charge < -0.3 is 15.2 Å². The third kappa shape index (κ3) is 5.43. The minimum atomic E-state index is -4.09. The maximum absolute atomic E-state index is 12.3. The van der Waals surface area contributed by atoms with Crippen LogP contribution in [0.4, 0.5) is 5.69 Å². The van der Waals surface area contributed by atoms with Crippen molar-refractivity contribution in [3.05, 3.63) is 58.1 Å². The predicted octanol–water partition coefficient (Wildman–Crippen LogP) is 2.06. The zero-order chi connectivity index (χ0) is 20.9. The highest BCUT2D eigenvalue weighted by atomic mass is 35.5. The summed E-state index contributed by atoms with van der Waals surface area (Å²) in [6, 6.07) is 8.16. The largest absolute Gasteiger partial charge is 0.468 e. The molecule has 0 saturated carbocycles. The van der Waals surface area contributed by atoms with Crippen LogP contribution in [-0.4, -0.2) is 45.2 Å². The molecule has 11 heteroatoms. The summed E-state index contributed by atoms with van der Waals surface area (Å²) in [6.45, 7) is -0.762. The van der Waals surface area contributed by atoms with Crippen molar-refractivity contribution in [1.29, 1.82) is 0 Å². The van der Waals surface area contributed by atoms with Crippen LogP contribution >= 0.6 is 23.2 Å². The monoisotopic (exact) mass is 446 g/mol. The molecule has 0 bridgehead atoms. The van der Waals surface area contributed by atoms with Gasteiger partial charge in [-0.1, -0.05) is 23.2 Å². The number of hydrogen-bond acceptors (Lipinski definition) is 6. The first-order chi connectivity index (χ1) is 13.2. The normalized spacial score (nSPS) is 12.3. The molecule has 0 spiro atoms. The van der Waals surface area contributed by atoms with Crippen molar-refractivity contribution in [1.82, 2.24) is 4.72 Å². The molecule has 0 fully saturated rings. The van der Waals surface area contributed by atoms with E-state index in [4.69, 9.17) is 28.3 Å². The highest BCUT2D eigenvalue weighted by Gasteiger charge is 2.25. The number of carbonyl (C=O) groups is 2. The van der Waals surface area contributed by atoms with Gasteiger partial charge in [0.25, 0.3) is 5.91 Å². The standard InChI is InChI=1S/C17H16Cl2N2O6S/c1-27-17(24)15(9-22)21-28(25,26)12-5-3-11(4-6-12)20-16(23)13-7-2-10(18)8-14(13)19/h2-8,15,21-22H,9H2,1H3,(H,20,23)/t15-/m0/s1. The highest BCUT2D eigenvalue weighted by Crippen LogP contribution is 2.22. The van der Waals surface area contributed by atoms with Crippen molar-refractivity contribution in [2.24, 2.45) is 0 Å². The molecule has 1 amide bonds. The number of aliphatic hydroxyl groups excluding tert-OH is 1. The first-order valence-electron chi connectivity index (χ1n) is 7.75. The average Bonchev–Trinajstić information content (AvgIpc) is 2.65. The molecular formula is C17H16Cl2N2O6S. The fourth-order valence-electron chi connectivity index (χ4n) is 2.15. The van der Waals surface area contributed by atoms with Crippen LogP contribution in [0.25, 0.3) is 0 Å². The SMILES string of the molecule is COC(=O)[C@H](CO)NS(=O)(=O)c1ccc(NC(=O)c2ccc(Cl)cc2Cl)cc1. The van der Waals surface area contributed by atoms with Gasteiger partial charge in [-0.2, -0.15) is 4.72 Å². The number of ether oxygens (including phenoxy) is 1. The lowest BCUT2D eigenvalue weighted by Crippen LogP contribution is -2.43. The number of amides is 1. The van der Waals surface area contributed by atoms with Crippen LogP contribution in [0.5, 0.6) is 0 Å². The Morgan fingerprint density at radius 2 is 1.79 bits per heavy atom. The van der Waals surface area contributed by atoms with Gasteiger partial charge in [0.1, 0.15) is 6.04 Å². The fourth-order valence-corrected chi connectivity index (χ4v) is 3.82. The summed E-state index contributed by atoms with van der Waals surface area (Å²) in [6.07, 6.45) is 0. The number of nitrogens with one attached hydrogen (secondary N) is 2. The quantitative estimate of drug-likeness (QED) is 0.559. The molecule has 2 aromatic rings. The zero-order valence-corrected chi connectivity index (χ0v) is 16.8. The summed E-state index contributed by atoms with van der Waals surface area (Å²) in [4.78, 5) is 23.5. The Morgan fingerprint density at radius 1 is 1.14 bits per heavy atom. The van der Waals surface area contributed by atoms with Crippen molar-refractivity contribution in [3.63, 3.8) is 0 Å². The summed E-state index contributed by atoms with van der Waals surface area (Å²) in [5, 5.41) is 12.3. The third-order valence-corrected chi connectivity index (χ3v) is 5.60. The average molecular weight is 447 g/mol. The van der Waals surface area contributed by atoms with E-state index in [1.54, 1.807) is 0 Å². The Kier molecular flexibility index (Phi) is 7.39. The van der Waals surface area contributed by atoms with Gasteiger partial charge in [0, 0.05) is 10.7 Å². The maximum atomic E-state index is 12.3. The molecule has 2 rings (SSSR count). The topological polar surface area (TPSA) is 122 Å². The van der Waals surface area contributed by atoms with Gasteiger partial charge in [0.05, 0.1) is 29.2 Å². The molecule has 0 aromatic heterocycles. The first kappa shape index (κ1) is 22.1. The lowest BCUT2D eigenvalue weighted by atomic mass is 10.2. The summed E-state index contributed by atoms with van der Waals surface area (Å²) >= 11 is 11.8. The molecule has 0 aliphatic carbocycles. The second-order valence-corrected chi connectivity index (χ2v) is 8.04. The van der Waals surface area contributed by atoms with Crippen molar-refractivity contribution in [3.8, 4) is 0 Å². The van der Waals surface area contributed by atoms with E-state index in [2.05, 4.69) is 10.1 Å². The number of anilines is 1. The molecule has 8 nitrogen and oxygen atoms in total. The van der Waals surface area contributed by atoms with E-state index in [1.165, 1.54) is 42.5 Å². The van der Waals surface area contributed by atoms with E-state index in [-0.39, 0.29) is 15.5 Å². The summed E-state index contributed by atoms with van der Waals surface area (Å²) < 4.78 is 31.1. The minimum Gasteiger partial charge on any atom is -0.468 e. The predicted molar refractivity (Wildman–Crippen MR) is 104 cm³/mol. The number of halogens is 2. The smallest absolute Gasteiger partial charge is 0.326 e. The summed E-state index contributed by atoms with van der Waals surface area (Å²) in [5.74, 6) is -1.42.